The van der Waals surface area contributed by atoms with E-state index in [1.165, 1.54) is 5.56 Å². The van der Waals surface area contributed by atoms with Crippen molar-refractivity contribution in [2.24, 2.45) is 10.9 Å². The minimum absolute atomic E-state index is 0. The topological polar surface area (TPSA) is 54.2 Å². The first-order valence-electron chi connectivity index (χ1n) is 7.74. The van der Waals surface area contributed by atoms with Gasteiger partial charge in [0.15, 0.2) is 5.96 Å². The van der Waals surface area contributed by atoms with Crippen molar-refractivity contribution in [2.45, 2.75) is 19.9 Å². The molecule has 0 spiro atoms. The molecular weight excluding hydrogens is 401 g/mol. The molecular formula is C17H26IN5. The maximum Gasteiger partial charge on any atom is 0.190 e. The van der Waals surface area contributed by atoms with Gasteiger partial charge in [-0.3, -0.25) is 9.67 Å². The van der Waals surface area contributed by atoms with Gasteiger partial charge in [0.1, 0.15) is 0 Å². The van der Waals surface area contributed by atoms with E-state index >= 15 is 0 Å². The monoisotopic (exact) mass is 427 g/mol. The Hall–Kier alpha value is -1.57. The van der Waals surface area contributed by atoms with Crippen LogP contribution < -0.4 is 10.6 Å². The molecule has 0 amide bonds. The first-order valence-corrected chi connectivity index (χ1v) is 7.74. The molecule has 1 unspecified atom stereocenters. The third-order valence-electron chi connectivity index (χ3n) is 3.45. The smallest absolute Gasteiger partial charge is 0.190 e. The highest BCUT2D eigenvalue weighted by molar-refractivity contribution is 14.0. The maximum absolute atomic E-state index is 4.26. The molecule has 2 N–H and O–H groups in total. The van der Waals surface area contributed by atoms with Crippen LogP contribution >= 0.6 is 24.0 Å². The van der Waals surface area contributed by atoms with Gasteiger partial charge in [0.2, 0.25) is 0 Å². The van der Waals surface area contributed by atoms with Crippen molar-refractivity contribution in [3.63, 3.8) is 0 Å². The first-order chi connectivity index (χ1) is 10.8. The molecule has 0 fully saturated rings. The third kappa shape index (κ3) is 7.49. The number of hydrogen-bond donors (Lipinski definition) is 2. The molecule has 2 aromatic rings. The average molecular weight is 427 g/mol. The van der Waals surface area contributed by atoms with Gasteiger partial charge in [0.25, 0.3) is 0 Å². The Bertz CT molecular complexity index is 554. The lowest BCUT2D eigenvalue weighted by Crippen LogP contribution is -2.40. The highest BCUT2D eigenvalue weighted by atomic mass is 127. The Kier molecular flexibility index (Phi) is 9.35. The van der Waals surface area contributed by atoms with Crippen LogP contribution in [0.5, 0.6) is 0 Å². The van der Waals surface area contributed by atoms with Crippen molar-refractivity contribution in [3.05, 3.63) is 54.4 Å². The quantitative estimate of drug-likeness (QED) is 0.406. The minimum atomic E-state index is 0. The van der Waals surface area contributed by atoms with E-state index in [9.17, 15) is 0 Å². The fourth-order valence-electron chi connectivity index (χ4n) is 2.25. The molecule has 0 bridgehead atoms. The van der Waals surface area contributed by atoms with Gasteiger partial charge in [-0.05, 0) is 24.0 Å². The lowest BCUT2D eigenvalue weighted by atomic mass is 10.1. The van der Waals surface area contributed by atoms with E-state index in [1.54, 1.807) is 7.05 Å². The molecule has 0 aliphatic heterocycles. The lowest BCUT2D eigenvalue weighted by Gasteiger charge is -2.16. The van der Waals surface area contributed by atoms with E-state index in [4.69, 9.17) is 0 Å². The van der Waals surface area contributed by atoms with Gasteiger partial charge >= 0.3 is 0 Å². The summed E-state index contributed by atoms with van der Waals surface area (Å²) >= 11 is 0. The van der Waals surface area contributed by atoms with Crippen LogP contribution in [0, 0.1) is 5.92 Å². The number of aliphatic imine (C=N–C) groups is 1. The van der Waals surface area contributed by atoms with Gasteiger partial charge < -0.3 is 10.6 Å². The van der Waals surface area contributed by atoms with Crippen LogP contribution in [-0.4, -0.2) is 35.9 Å². The largest absolute Gasteiger partial charge is 0.356 e. The summed E-state index contributed by atoms with van der Waals surface area (Å²) in [4.78, 5) is 4.26. The minimum Gasteiger partial charge on any atom is -0.356 e. The van der Waals surface area contributed by atoms with Crippen LogP contribution in [0.2, 0.25) is 0 Å². The molecule has 1 heterocycles. The number of nitrogens with zero attached hydrogens (tertiary/aromatic N) is 3. The molecule has 0 aliphatic rings. The van der Waals surface area contributed by atoms with E-state index in [0.29, 0.717) is 5.92 Å². The summed E-state index contributed by atoms with van der Waals surface area (Å²) in [5, 5.41) is 10.9. The van der Waals surface area contributed by atoms with Crippen molar-refractivity contribution in [2.75, 3.05) is 20.1 Å². The second-order valence-electron chi connectivity index (χ2n) is 5.45. The standard InChI is InChI=1S/C17H25N5.HI/c1-15(14-22-12-6-10-21-22)13-20-17(18-2)19-11-9-16-7-4-3-5-8-16;/h3-8,10,12,15H,9,11,13-14H2,1-2H3,(H2,18,19,20);1H. The molecule has 6 heteroatoms. The van der Waals surface area contributed by atoms with Gasteiger partial charge in [0.05, 0.1) is 0 Å². The summed E-state index contributed by atoms with van der Waals surface area (Å²) in [6.07, 6.45) is 4.79. The number of guanidine groups is 1. The van der Waals surface area contributed by atoms with Crippen molar-refractivity contribution < 1.29 is 0 Å². The molecule has 0 saturated heterocycles. The molecule has 0 saturated carbocycles. The molecule has 0 aliphatic carbocycles. The van der Waals surface area contributed by atoms with Crippen molar-refractivity contribution >= 4 is 29.9 Å². The van der Waals surface area contributed by atoms with Crippen molar-refractivity contribution in [1.82, 2.24) is 20.4 Å². The SMILES string of the molecule is CN=C(NCCc1ccccc1)NCC(C)Cn1cccn1.I. The highest BCUT2D eigenvalue weighted by Crippen LogP contribution is 1.99. The van der Waals surface area contributed by atoms with E-state index in [-0.39, 0.29) is 24.0 Å². The van der Waals surface area contributed by atoms with E-state index in [1.807, 2.05) is 29.2 Å². The Balaban J connectivity index is 0.00000264. The molecule has 1 atom stereocenters. The van der Waals surface area contributed by atoms with E-state index < -0.39 is 0 Å². The number of hydrogen-bond acceptors (Lipinski definition) is 2. The Morgan fingerprint density at radius 3 is 2.65 bits per heavy atom. The predicted octanol–water partition coefficient (Wildman–Crippen LogP) is 2.54. The molecule has 5 nitrogen and oxygen atoms in total. The van der Waals surface area contributed by atoms with Gasteiger partial charge in [-0.15, -0.1) is 24.0 Å². The van der Waals surface area contributed by atoms with Crippen molar-refractivity contribution in [3.8, 4) is 0 Å². The third-order valence-corrected chi connectivity index (χ3v) is 3.45. The van der Waals surface area contributed by atoms with E-state index in [0.717, 1.165) is 32.0 Å². The molecule has 1 aromatic carbocycles. The molecule has 126 valence electrons. The summed E-state index contributed by atoms with van der Waals surface area (Å²) in [5.41, 5.74) is 1.33. The van der Waals surface area contributed by atoms with Crippen LogP contribution in [-0.2, 0) is 13.0 Å². The number of aromatic nitrogens is 2. The molecule has 2 rings (SSSR count). The normalized spacial score (nSPS) is 12.3. The highest BCUT2D eigenvalue weighted by Gasteiger charge is 2.05. The first kappa shape index (κ1) is 19.5. The number of nitrogens with one attached hydrogen (secondary N) is 2. The molecule has 0 radical (unpaired) electrons. The maximum atomic E-state index is 4.26. The van der Waals surface area contributed by atoms with Crippen LogP contribution in [0.25, 0.3) is 0 Å². The summed E-state index contributed by atoms with van der Waals surface area (Å²) < 4.78 is 1.96. The van der Waals surface area contributed by atoms with Crippen LogP contribution in [0.1, 0.15) is 12.5 Å². The zero-order valence-electron chi connectivity index (χ0n) is 13.8. The Morgan fingerprint density at radius 1 is 1.22 bits per heavy atom. The van der Waals surface area contributed by atoms with E-state index in [2.05, 4.69) is 51.9 Å². The zero-order valence-corrected chi connectivity index (χ0v) is 16.1. The van der Waals surface area contributed by atoms with Gasteiger partial charge in [-0.25, -0.2) is 0 Å². The van der Waals surface area contributed by atoms with Crippen LogP contribution in [0.15, 0.2) is 53.8 Å². The molecule has 23 heavy (non-hydrogen) atoms. The molecule has 1 aromatic heterocycles. The predicted molar refractivity (Wildman–Crippen MR) is 106 cm³/mol. The van der Waals surface area contributed by atoms with Crippen LogP contribution in [0.4, 0.5) is 0 Å². The Morgan fingerprint density at radius 2 is 2.00 bits per heavy atom. The van der Waals surface area contributed by atoms with Gasteiger partial charge in [-0.1, -0.05) is 37.3 Å². The lowest BCUT2D eigenvalue weighted by molar-refractivity contribution is 0.443. The van der Waals surface area contributed by atoms with Gasteiger partial charge in [0, 0.05) is 39.1 Å². The number of rotatable bonds is 7. The van der Waals surface area contributed by atoms with Crippen LogP contribution in [0.3, 0.4) is 0 Å². The van der Waals surface area contributed by atoms with Crippen molar-refractivity contribution in [1.29, 1.82) is 0 Å². The number of benzene rings is 1. The Labute approximate surface area is 155 Å². The second kappa shape index (κ2) is 11.0. The average Bonchev–Trinajstić information content (AvgIpc) is 3.04. The number of halogens is 1. The fraction of sp³-hybridized carbons (Fsp3) is 0.412. The summed E-state index contributed by atoms with van der Waals surface area (Å²) in [5.74, 6) is 1.33. The summed E-state index contributed by atoms with van der Waals surface area (Å²) in [6.45, 7) is 4.84. The van der Waals surface area contributed by atoms with Gasteiger partial charge in [-0.2, -0.15) is 5.10 Å². The summed E-state index contributed by atoms with van der Waals surface area (Å²) in [7, 11) is 1.80. The zero-order chi connectivity index (χ0) is 15.6. The second-order valence-corrected chi connectivity index (χ2v) is 5.45. The summed E-state index contributed by atoms with van der Waals surface area (Å²) in [6, 6.07) is 12.4. The fourth-order valence-corrected chi connectivity index (χ4v) is 2.25.